The van der Waals surface area contributed by atoms with Gasteiger partial charge in [-0.3, -0.25) is 14.7 Å². The molecule has 2 aromatic rings. The summed E-state index contributed by atoms with van der Waals surface area (Å²) in [6.07, 6.45) is 3.18. The molecule has 0 aliphatic carbocycles. The summed E-state index contributed by atoms with van der Waals surface area (Å²) < 4.78 is 13.3. The smallest absolute Gasteiger partial charge is 0.224 e. The van der Waals surface area contributed by atoms with Gasteiger partial charge in [0, 0.05) is 17.7 Å². The number of amides is 1. The van der Waals surface area contributed by atoms with Crippen molar-refractivity contribution in [1.82, 2.24) is 15.2 Å². The van der Waals surface area contributed by atoms with Gasteiger partial charge in [0.25, 0.3) is 0 Å². The third-order valence-electron chi connectivity index (χ3n) is 5.58. The number of aromatic nitrogens is 1. The largest absolute Gasteiger partial charge is 0.394 e. The molecular weight excluding hydrogens is 381 g/mol. The van der Waals surface area contributed by atoms with Crippen molar-refractivity contribution in [2.45, 2.75) is 52.1 Å². The highest BCUT2D eigenvalue weighted by atomic mass is 19.1. The molecule has 1 aromatic heterocycles. The number of pyridine rings is 1. The number of hydrogen-bond donors (Lipinski definition) is 2. The number of nitrogens with one attached hydrogen (secondary N) is 1. The molecule has 1 saturated heterocycles. The van der Waals surface area contributed by atoms with Gasteiger partial charge in [0.15, 0.2) is 0 Å². The topological polar surface area (TPSA) is 65.5 Å². The summed E-state index contributed by atoms with van der Waals surface area (Å²) >= 11 is 0. The number of nitrogens with zero attached hydrogens (tertiary/aromatic N) is 2. The van der Waals surface area contributed by atoms with Crippen LogP contribution in [0.15, 0.2) is 48.7 Å². The van der Waals surface area contributed by atoms with Crippen LogP contribution in [0.3, 0.4) is 0 Å². The number of benzene rings is 1. The quantitative estimate of drug-likeness (QED) is 0.750. The molecule has 1 unspecified atom stereocenters. The van der Waals surface area contributed by atoms with E-state index in [1.54, 1.807) is 18.3 Å². The van der Waals surface area contributed by atoms with Crippen molar-refractivity contribution in [3.8, 4) is 0 Å². The number of aliphatic hydroxyl groups is 1. The molecule has 0 radical (unpaired) electrons. The monoisotopic (exact) mass is 415 g/mol. The molecule has 0 spiro atoms. The Morgan fingerprint density at radius 2 is 1.83 bits per heavy atom. The lowest BCUT2D eigenvalue weighted by Gasteiger charge is -2.41. The predicted octanol–water partition coefficient (Wildman–Crippen LogP) is 3.94. The minimum atomic E-state index is -0.416. The highest BCUT2D eigenvalue weighted by molar-refractivity contribution is 5.79. The molecule has 30 heavy (non-hydrogen) atoms. The number of aliphatic hydroxyl groups excluding tert-OH is 1. The molecule has 2 heterocycles. The van der Waals surface area contributed by atoms with Crippen LogP contribution in [-0.4, -0.2) is 46.1 Å². The van der Waals surface area contributed by atoms with Crippen LogP contribution >= 0.6 is 0 Å². The fourth-order valence-corrected chi connectivity index (χ4v) is 3.64. The van der Waals surface area contributed by atoms with Crippen molar-refractivity contribution in [3.05, 3.63) is 65.7 Å². The van der Waals surface area contributed by atoms with E-state index in [4.69, 9.17) is 0 Å². The van der Waals surface area contributed by atoms with Gasteiger partial charge in [-0.15, -0.1) is 0 Å². The predicted molar refractivity (Wildman–Crippen MR) is 117 cm³/mol. The van der Waals surface area contributed by atoms with E-state index in [0.717, 1.165) is 37.2 Å². The maximum absolute atomic E-state index is 13.3. The summed E-state index contributed by atoms with van der Waals surface area (Å²) in [7, 11) is 0. The summed E-state index contributed by atoms with van der Waals surface area (Å²) in [6.45, 7) is 9.67. The fourth-order valence-electron chi connectivity index (χ4n) is 3.64. The molecule has 1 aromatic carbocycles. The minimum absolute atomic E-state index is 0.0126. The van der Waals surface area contributed by atoms with Gasteiger partial charge < -0.3 is 10.4 Å². The number of carbonyl (C=O) groups excluding carboxylic acids is 1. The Hall–Kier alpha value is -2.31. The Morgan fingerprint density at radius 1 is 1.20 bits per heavy atom. The molecule has 1 atom stereocenters. The van der Waals surface area contributed by atoms with Crippen molar-refractivity contribution in [2.75, 3.05) is 19.7 Å². The minimum Gasteiger partial charge on any atom is -0.394 e. The van der Waals surface area contributed by atoms with Crippen LogP contribution in [0.2, 0.25) is 0 Å². The van der Waals surface area contributed by atoms with Gasteiger partial charge in [-0.25, -0.2) is 4.39 Å². The maximum atomic E-state index is 13.3. The maximum Gasteiger partial charge on any atom is 0.224 e. The van der Waals surface area contributed by atoms with E-state index in [1.807, 2.05) is 45.9 Å². The van der Waals surface area contributed by atoms with Crippen LogP contribution in [0, 0.1) is 11.7 Å². The van der Waals surface area contributed by atoms with Gasteiger partial charge in [-0.2, -0.15) is 0 Å². The molecule has 0 saturated carbocycles. The molecule has 1 fully saturated rings. The average Bonchev–Trinajstić information content (AvgIpc) is 2.80. The summed E-state index contributed by atoms with van der Waals surface area (Å²) in [6, 6.07) is 11.3. The lowest BCUT2D eigenvalue weighted by atomic mass is 9.91. The van der Waals surface area contributed by atoms with E-state index in [1.165, 1.54) is 12.1 Å². The Morgan fingerprint density at radius 3 is 2.37 bits per heavy atom. The first-order chi connectivity index (χ1) is 14.4. The zero-order chi connectivity index (χ0) is 22.1. The first kappa shape index (κ1) is 24.0. The Labute approximate surface area is 179 Å². The van der Waals surface area contributed by atoms with E-state index in [-0.39, 0.29) is 29.8 Å². The molecule has 1 amide bonds. The van der Waals surface area contributed by atoms with Crippen LogP contribution in [0.4, 0.5) is 4.39 Å². The molecule has 1 aliphatic heterocycles. The van der Waals surface area contributed by atoms with Crippen molar-refractivity contribution >= 4 is 5.91 Å². The van der Waals surface area contributed by atoms with Crippen LogP contribution in [-0.2, 0) is 4.79 Å². The lowest BCUT2D eigenvalue weighted by Crippen LogP contribution is -2.52. The van der Waals surface area contributed by atoms with Crippen molar-refractivity contribution < 1.29 is 14.3 Å². The van der Waals surface area contributed by atoms with Crippen LogP contribution < -0.4 is 5.32 Å². The van der Waals surface area contributed by atoms with Gasteiger partial charge in [0.05, 0.1) is 18.3 Å². The van der Waals surface area contributed by atoms with Crippen LogP contribution in [0.1, 0.15) is 57.8 Å². The second-order valence-corrected chi connectivity index (χ2v) is 7.98. The molecule has 1 aliphatic rings. The van der Waals surface area contributed by atoms with E-state index in [9.17, 15) is 14.3 Å². The lowest BCUT2D eigenvalue weighted by molar-refractivity contribution is -0.127. The molecular formula is C24H34FN3O2. The molecule has 5 nitrogen and oxygen atoms in total. The normalized spacial score (nSPS) is 16.3. The van der Waals surface area contributed by atoms with Crippen LogP contribution in [0.5, 0.6) is 0 Å². The fraction of sp³-hybridized carbons (Fsp3) is 0.500. The third-order valence-corrected chi connectivity index (χ3v) is 5.58. The molecule has 2 N–H and O–H groups in total. The zero-order valence-electron chi connectivity index (χ0n) is 18.4. The van der Waals surface area contributed by atoms with Gasteiger partial charge >= 0.3 is 0 Å². The number of halogens is 1. The van der Waals surface area contributed by atoms with Gasteiger partial charge in [0.2, 0.25) is 5.91 Å². The molecule has 164 valence electrons. The summed E-state index contributed by atoms with van der Waals surface area (Å²) in [5.74, 6) is -0.410. The summed E-state index contributed by atoms with van der Waals surface area (Å²) in [5.41, 5.74) is 1.25. The Bertz CT molecular complexity index is 773. The van der Waals surface area contributed by atoms with Crippen molar-refractivity contribution in [3.63, 3.8) is 0 Å². The number of likely N-dealkylation sites (tertiary alicyclic amines) is 1. The number of rotatable bonds is 6. The summed E-state index contributed by atoms with van der Waals surface area (Å²) in [4.78, 5) is 19.6. The SMILES string of the molecule is CC.CC(C)(CO)N1CCC(C(=O)NC(c2ccc(F)cc2)c2ccccn2)CC1. The number of piperidine rings is 1. The van der Waals surface area contributed by atoms with Crippen molar-refractivity contribution in [2.24, 2.45) is 5.92 Å². The Kier molecular flexibility index (Phi) is 8.93. The summed E-state index contributed by atoms with van der Waals surface area (Å²) in [5, 5.41) is 12.7. The van der Waals surface area contributed by atoms with E-state index >= 15 is 0 Å². The molecule has 0 bridgehead atoms. The Balaban J connectivity index is 0.00000155. The van der Waals surface area contributed by atoms with E-state index < -0.39 is 6.04 Å². The van der Waals surface area contributed by atoms with Gasteiger partial charge in [-0.1, -0.05) is 32.0 Å². The van der Waals surface area contributed by atoms with Gasteiger partial charge in [-0.05, 0) is 69.6 Å². The number of carbonyl (C=O) groups is 1. The average molecular weight is 416 g/mol. The highest BCUT2D eigenvalue weighted by Gasteiger charge is 2.33. The second-order valence-electron chi connectivity index (χ2n) is 7.98. The number of hydrogen-bond acceptors (Lipinski definition) is 4. The second kappa shape index (κ2) is 11.2. The highest BCUT2D eigenvalue weighted by Crippen LogP contribution is 2.26. The standard InChI is InChI=1S/C22H28FN3O2.C2H6/c1-22(2,15-27)26-13-10-17(11-14-26)21(28)25-20(19-5-3-4-12-24-19)16-6-8-18(23)9-7-16;1-2/h3-9,12,17,20,27H,10-11,13-15H2,1-2H3,(H,25,28);1-2H3. The van der Waals surface area contributed by atoms with E-state index in [2.05, 4.69) is 15.2 Å². The molecule has 3 rings (SSSR count). The first-order valence-corrected chi connectivity index (χ1v) is 10.7. The zero-order valence-corrected chi connectivity index (χ0v) is 18.4. The van der Waals surface area contributed by atoms with Gasteiger partial charge in [0.1, 0.15) is 5.82 Å². The van der Waals surface area contributed by atoms with Crippen molar-refractivity contribution in [1.29, 1.82) is 0 Å². The first-order valence-electron chi connectivity index (χ1n) is 10.7. The third kappa shape index (κ3) is 6.09. The van der Waals surface area contributed by atoms with Crippen LogP contribution in [0.25, 0.3) is 0 Å². The molecule has 6 heteroatoms. The van der Waals surface area contributed by atoms with E-state index in [0.29, 0.717) is 0 Å².